The van der Waals surface area contributed by atoms with Crippen LogP contribution in [0.2, 0.25) is 0 Å². The van der Waals surface area contributed by atoms with Crippen molar-refractivity contribution < 1.29 is 18.0 Å². The van der Waals surface area contributed by atoms with Crippen molar-refractivity contribution in [3.05, 3.63) is 36.0 Å². The van der Waals surface area contributed by atoms with Gasteiger partial charge in [0.15, 0.2) is 0 Å². The van der Waals surface area contributed by atoms with Gasteiger partial charge in [-0.15, -0.1) is 5.10 Å². The Bertz CT molecular complexity index is 849. The van der Waals surface area contributed by atoms with Gasteiger partial charge in [0.25, 0.3) is 0 Å². The number of amides is 1. The minimum Gasteiger partial charge on any atom is -0.336 e. The topological polar surface area (TPSA) is 62.2 Å². The standard InChI is InChI=1S/C19H20F3N5O/c20-19(21,22)14-7-5-13(6-8-14)16-11-23-25-18(24-16)26-9-10-27(17(28)12-26)15-3-1-2-4-15/h5-8,11,15H,1-4,9-10,12H2. The lowest BCUT2D eigenvalue weighted by atomic mass is 10.1. The second-order valence-corrected chi connectivity index (χ2v) is 7.16. The third-order valence-electron chi connectivity index (χ3n) is 5.36. The molecule has 9 heteroatoms. The van der Waals surface area contributed by atoms with E-state index in [1.165, 1.54) is 31.2 Å². The monoisotopic (exact) mass is 391 g/mol. The van der Waals surface area contributed by atoms with E-state index >= 15 is 0 Å². The summed E-state index contributed by atoms with van der Waals surface area (Å²) in [6.45, 7) is 1.42. The lowest BCUT2D eigenvalue weighted by molar-refractivity contribution is -0.137. The number of alkyl halides is 3. The molecule has 0 radical (unpaired) electrons. The van der Waals surface area contributed by atoms with Gasteiger partial charge < -0.3 is 9.80 Å². The molecule has 4 rings (SSSR count). The first kappa shape index (κ1) is 18.6. The Hall–Kier alpha value is -2.71. The van der Waals surface area contributed by atoms with E-state index < -0.39 is 11.7 Å². The number of halogens is 3. The summed E-state index contributed by atoms with van der Waals surface area (Å²) < 4.78 is 38.2. The highest BCUT2D eigenvalue weighted by Crippen LogP contribution is 2.31. The zero-order valence-electron chi connectivity index (χ0n) is 15.2. The van der Waals surface area contributed by atoms with Crippen LogP contribution in [0.5, 0.6) is 0 Å². The molecule has 0 atom stereocenters. The van der Waals surface area contributed by atoms with Crippen LogP contribution in [-0.2, 0) is 11.0 Å². The fraction of sp³-hybridized carbons (Fsp3) is 0.474. The van der Waals surface area contributed by atoms with E-state index in [4.69, 9.17) is 0 Å². The minimum atomic E-state index is -4.38. The highest BCUT2D eigenvalue weighted by molar-refractivity contribution is 5.82. The first-order valence-electron chi connectivity index (χ1n) is 9.33. The molecular formula is C19H20F3N5O. The van der Waals surface area contributed by atoms with Crippen LogP contribution in [0, 0.1) is 0 Å². The Morgan fingerprint density at radius 1 is 1.04 bits per heavy atom. The van der Waals surface area contributed by atoms with E-state index in [1.807, 2.05) is 4.90 Å². The number of hydrogen-bond donors (Lipinski definition) is 0. The van der Waals surface area contributed by atoms with Gasteiger partial charge in [-0.2, -0.15) is 18.3 Å². The Labute approximate surface area is 160 Å². The van der Waals surface area contributed by atoms with E-state index in [2.05, 4.69) is 15.2 Å². The van der Waals surface area contributed by atoms with Crippen molar-refractivity contribution in [3.8, 4) is 11.3 Å². The molecule has 1 aromatic carbocycles. The number of hydrogen-bond acceptors (Lipinski definition) is 5. The van der Waals surface area contributed by atoms with Crippen LogP contribution < -0.4 is 4.90 Å². The second-order valence-electron chi connectivity index (χ2n) is 7.16. The summed E-state index contributed by atoms with van der Waals surface area (Å²) in [5.74, 6) is 0.374. The molecule has 2 aromatic rings. The summed E-state index contributed by atoms with van der Waals surface area (Å²) in [5.41, 5.74) is 0.219. The summed E-state index contributed by atoms with van der Waals surface area (Å²) >= 11 is 0. The molecule has 28 heavy (non-hydrogen) atoms. The van der Waals surface area contributed by atoms with Gasteiger partial charge >= 0.3 is 6.18 Å². The van der Waals surface area contributed by atoms with E-state index in [0.29, 0.717) is 36.3 Å². The SMILES string of the molecule is O=C1CN(c2nncc(-c3ccc(C(F)(F)F)cc3)n2)CCN1C1CCCC1. The number of carbonyl (C=O) groups excluding carboxylic acids is 1. The maximum absolute atomic E-state index is 12.7. The molecule has 2 heterocycles. The van der Waals surface area contributed by atoms with E-state index in [0.717, 1.165) is 25.0 Å². The predicted molar refractivity (Wildman–Crippen MR) is 96.4 cm³/mol. The molecule has 2 fully saturated rings. The molecule has 1 saturated carbocycles. The molecule has 1 aliphatic carbocycles. The van der Waals surface area contributed by atoms with E-state index in [1.54, 1.807) is 4.90 Å². The molecule has 1 amide bonds. The molecule has 6 nitrogen and oxygen atoms in total. The van der Waals surface area contributed by atoms with Crippen molar-refractivity contribution in [2.45, 2.75) is 37.9 Å². The largest absolute Gasteiger partial charge is 0.416 e. The fourth-order valence-corrected chi connectivity index (χ4v) is 3.86. The number of rotatable bonds is 3. The van der Waals surface area contributed by atoms with Gasteiger partial charge in [0, 0.05) is 24.7 Å². The van der Waals surface area contributed by atoms with Gasteiger partial charge in [-0.1, -0.05) is 25.0 Å². The number of carbonyl (C=O) groups is 1. The van der Waals surface area contributed by atoms with Crippen LogP contribution in [0.3, 0.4) is 0 Å². The summed E-state index contributed by atoms with van der Waals surface area (Å²) in [7, 11) is 0. The smallest absolute Gasteiger partial charge is 0.336 e. The van der Waals surface area contributed by atoms with Crippen molar-refractivity contribution in [1.29, 1.82) is 0 Å². The molecule has 1 aliphatic heterocycles. The van der Waals surface area contributed by atoms with Crippen LogP contribution in [0.25, 0.3) is 11.3 Å². The summed E-state index contributed by atoms with van der Waals surface area (Å²) in [6, 6.07) is 5.09. The normalized spacial score (nSPS) is 18.8. The van der Waals surface area contributed by atoms with Gasteiger partial charge in [-0.3, -0.25) is 4.79 Å². The Kier molecular flexibility index (Phi) is 4.91. The molecule has 0 spiro atoms. The molecule has 1 aromatic heterocycles. The summed E-state index contributed by atoms with van der Waals surface area (Å²) in [5, 5.41) is 7.94. The van der Waals surface area contributed by atoms with Gasteiger partial charge in [0.1, 0.15) is 6.54 Å². The summed E-state index contributed by atoms with van der Waals surface area (Å²) in [6.07, 6.45) is 1.48. The molecule has 0 unspecified atom stereocenters. The number of piperazine rings is 1. The van der Waals surface area contributed by atoms with Crippen LogP contribution in [0.1, 0.15) is 31.2 Å². The maximum Gasteiger partial charge on any atom is 0.416 e. The highest BCUT2D eigenvalue weighted by atomic mass is 19.4. The number of nitrogens with zero attached hydrogens (tertiary/aromatic N) is 5. The second kappa shape index (κ2) is 7.37. The van der Waals surface area contributed by atoms with Gasteiger partial charge in [-0.05, 0) is 25.0 Å². The number of aromatic nitrogens is 3. The van der Waals surface area contributed by atoms with Crippen molar-refractivity contribution >= 4 is 11.9 Å². The lowest BCUT2D eigenvalue weighted by Crippen LogP contribution is -2.54. The third kappa shape index (κ3) is 3.79. The molecule has 148 valence electrons. The van der Waals surface area contributed by atoms with E-state index in [-0.39, 0.29) is 12.5 Å². The van der Waals surface area contributed by atoms with Gasteiger partial charge in [-0.25, -0.2) is 4.98 Å². The van der Waals surface area contributed by atoms with Gasteiger partial charge in [0.05, 0.1) is 17.5 Å². The maximum atomic E-state index is 12.7. The van der Waals surface area contributed by atoms with Crippen LogP contribution in [-0.4, -0.2) is 51.7 Å². The zero-order valence-corrected chi connectivity index (χ0v) is 15.2. The average molecular weight is 391 g/mol. The van der Waals surface area contributed by atoms with Crippen LogP contribution in [0.4, 0.5) is 19.1 Å². The Morgan fingerprint density at radius 3 is 2.39 bits per heavy atom. The average Bonchev–Trinajstić information content (AvgIpc) is 3.22. The summed E-state index contributed by atoms with van der Waals surface area (Å²) in [4.78, 5) is 20.7. The number of benzene rings is 1. The highest BCUT2D eigenvalue weighted by Gasteiger charge is 2.32. The minimum absolute atomic E-state index is 0.0571. The van der Waals surface area contributed by atoms with Crippen LogP contribution in [0.15, 0.2) is 30.5 Å². The lowest BCUT2D eigenvalue weighted by Gasteiger charge is -2.37. The third-order valence-corrected chi connectivity index (χ3v) is 5.36. The van der Waals surface area contributed by atoms with Crippen molar-refractivity contribution in [1.82, 2.24) is 20.1 Å². The molecule has 1 saturated heterocycles. The molecule has 0 bridgehead atoms. The fourth-order valence-electron chi connectivity index (χ4n) is 3.86. The van der Waals surface area contributed by atoms with Crippen molar-refractivity contribution in [2.24, 2.45) is 0 Å². The Morgan fingerprint density at radius 2 is 1.75 bits per heavy atom. The number of anilines is 1. The quantitative estimate of drug-likeness (QED) is 0.804. The van der Waals surface area contributed by atoms with Gasteiger partial charge in [0.2, 0.25) is 11.9 Å². The van der Waals surface area contributed by atoms with Crippen LogP contribution >= 0.6 is 0 Å². The van der Waals surface area contributed by atoms with Crippen molar-refractivity contribution in [2.75, 3.05) is 24.5 Å². The Balaban J connectivity index is 1.49. The van der Waals surface area contributed by atoms with E-state index in [9.17, 15) is 18.0 Å². The van der Waals surface area contributed by atoms with Crippen molar-refractivity contribution in [3.63, 3.8) is 0 Å². The molecular weight excluding hydrogens is 371 g/mol. The zero-order chi connectivity index (χ0) is 19.7. The first-order chi connectivity index (χ1) is 13.4. The first-order valence-corrected chi connectivity index (χ1v) is 9.33. The molecule has 0 N–H and O–H groups in total. The predicted octanol–water partition coefficient (Wildman–Crippen LogP) is 3.15. The molecule has 2 aliphatic rings.